The number of thioether (sulfide) groups is 1. The first-order valence-corrected chi connectivity index (χ1v) is 8.13. The molecule has 1 rings (SSSR count). The first-order valence-electron chi connectivity index (χ1n) is 7.15. The Bertz CT molecular complexity index is 433. The molecule has 1 aromatic rings. The van der Waals surface area contributed by atoms with E-state index in [2.05, 4.69) is 24.1 Å². The summed E-state index contributed by atoms with van der Waals surface area (Å²) in [6, 6.07) is 5.53. The monoisotopic (exact) mass is 295 g/mol. The average molecular weight is 295 g/mol. The number of hydrogen-bond acceptors (Lipinski definition) is 4. The minimum Gasteiger partial charge on any atom is -0.398 e. The van der Waals surface area contributed by atoms with Gasteiger partial charge in [0.05, 0.1) is 0 Å². The van der Waals surface area contributed by atoms with Gasteiger partial charge in [0.15, 0.2) is 0 Å². The Hall–Kier alpha value is -1.20. The van der Waals surface area contributed by atoms with Crippen LogP contribution >= 0.6 is 11.8 Å². The van der Waals surface area contributed by atoms with Gasteiger partial charge < -0.3 is 16.0 Å². The highest BCUT2D eigenvalue weighted by molar-refractivity contribution is 7.99. The van der Waals surface area contributed by atoms with Crippen LogP contribution in [0.5, 0.6) is 0 Å². The summed E-state index contributed by atoms with van der Waals surface area (Å²) < 4.78 is 0. The topological polar surface area (TPSA) is 58.4 Å². The maximum atomic E-state index is 11.7. The Balaban J connectivity index is 2.58. The molecule has 1 aromatic carbocycles. The number of hydrogen-bond donors (Lipinski definition) is 2. The fourth-order valence-electron chi connectivity index (χ4n) is 1.91. The molecule has 3 N–H and O–H groups in total. The van der Waals surface area contributed by atoms with Crippen LogP contribution < -0.4 is 11.1 Å². The van der Waals surface area contributed by atoms with E-state index in [-0.39, 0.29) is 5.91 Å². The molecule has 0 aliphatic rings. The van der Waals surface area contributed by atoms with Gasteiger partial charge in [0.25, 0.3) is 5.91 Å². The summed E-state index contributed by atoms with van der Waals surface area (Å²) in [6.45, 7) is 10.1. The molecule has 4 nitrogen and oxygen atoms in total. The highest BCUT2D eigenvalue weighted by Crippen LogP contribution is 2.26. The third-order valence-corrected chi connectivity index (χ3v) is 4.24. The number of nitrogens with zero attached hydrogens (tertiary/aromatic N) is 1. The van der Waals surface area contributed by atoms with Gasteiger partial charge in [0.2, 0.25) is 0 Å². The van der Waals surface area contributed by atoms with Gasteiger partial charge in [-0.2, -0.15) is 0 Å². The lowest BCUT2D eigenvalue weighted by molar-refractivity contribution is 0.0956. The van der Waals surface area contributed by atoms with Crippen molar-refractivity contribution in [2.24, 2.45) is 0 Å². The highest BCUT2D eigenvalue weighted by Gasteiger charge is 2.08. The molecule has 1 amide bonds. The van der Waals surface area contributed by atoms with E-state index < -0.39 is 0 Å². The van der Waals surface area contributed by atoms with Crippen molar-refractivity contribution in [3.8, 4) is 0 Å². The quantitative estimate of drug-likeness (QED) is 0.571. The van der Waals surface area contributed by atoms with Gasteiger partial charge in [-0.1, -0.05) is 13.8 Å². The van der Waals surface area contributed by atoms with Crippen LogP contribution in [-0.4, -0.2) is 42.7 Å². The van der Waals surface area contributed by atoms with Crippen molar-refractivity contribution in [1.82, 2.24) is 10.2 Å². The molecule has 20 heavy (non-hydrogen) atoms. The Morgan fingerprint density at radius 3 is 2.55 bits per heavy atom. The van der Waals surface area contributed by atoms with Crippen LogP contribution in [0.2, 0.25) is 0 Å². The highest BCUT2D eigenvalue weighted by atomic mass is 32.2. The van der Waals surface area contributed by atoms with Gasteiger partial charge in [0, 0.05) is 35.0 Å². The number of benzene rings is 1. The predicted molar refractivity (Wildman–Crippen MR) is 87.4 cm³/mol. The first-order chi connectivity index (χ1) is 9.62. The van der Waals surface area contributed by atoms with Crippen molar-refractivity contribution < 1.29 is 4.79 Å². The van der Waals surface area contributed by atoms with E-state index in [0.717, 1.165) is 30.3 Å². The lowest BCUT2D eigenvalue weighted by Crippen LogP contribution is -2.25. The van der Waals surface area contributed by atoms with Crippen molar-refractivity contribution >= 4 is 23.4 Å². The summed E-state index contributed by atoms with van der Waals surface area (Å²) in [5, 5.41) is 2.77. The number of nitrogen functional groups attached to an aromatic ring is 1. The predicted octanol–water partition coefficient (Wildman–Crippen LogP) is 2.45. The van der Waals surface area contributed by atoms with E-state index in [1.807, 2.05) is 19.1 Å². The van der Waals surface area contributed by atoms with Crippen LogP contribution in [0.4, 0.5) is 5.69 Å². The summed E-state index contributed by atoms with van der Waals surface area (Å²) in [4.78, 5) is 15.1. The van der Waals surface area contributed by atoms with E-state index >= 15 is 0 Å². The Morgan fingerprint density at radius 1 is 1.30 bits per heavy atom. The zero-order chi connectivity index (χ0) is 15.0. The molecule has 0 aromatic heterocycles. The number of rotatable bonds is 8. The summed E-state index contributed by atoms with van der Waals surface area (Å²) >= 11 is 1.74. The zero-order valence-electron chi connectivity index (χ0n) is 12.6. The number of nitrogens with one attached hydrogen (secondary N) is 1. The van der Waals surface area contributed by atoms with Crippen molar-refractivity contribution in [3.05, 3.63) is 23.8 Å². The van der Waals surface area contributed by atoms with Gasteiger partial charge in [-0.05, 0) is 38.2 Å². The lowest BCUT2D eigenvalue weighted by Gasteiger charge is -2.17. The smallest absolute Gasteiger partial charge is 0.251 e. The Morgan fingerprint density at radius 2 is 2.00 bits per heavy atom. The fourth-order valence-corrected chi connectivity index (χ4v) is 2.87. The first kappa shape index (κ1) is 16.9. The van der Waals surface area contributed by atoms with Gasteiger partial charge in [-0.25, -0.2) is 0 Å². The summed E-state index contributed by atoms with van der Waals surface area (Å²) in [5.41, 5.74) is 7.32. The Kier molecular flexibility index (Phi) is 7.47. The standard InChI is InChI=1S/C15H25N3OS/c1-4-17-15(19)12-7-8-14(13(16)11-12)20-10-9-18(5-2)6-3/h7-8,11H,4-6,9-10,16H2,1-3H3,(H,17,19). The molecule has 0 heterocycles. The zero-order valence-corrected chi connectivity index (χ0v) is 13.4. The molecule has 0 fully saturated rings. The van der Waals surface area contributed by atoms with Gasteiger partial charge in [0.1, 0.15) is 0 Å². The van der Waals surface area contributed by atoms with Crippen molar-refractivity contribution in [3.63, 3.8) is 0 Å². The van der Waals surface area contributed by atoms with Crippen LogP contribution in [0, 0.1) is 0 Å². The average Bonchev–Trinajstić information content (AvgIpc) is 2.45. The second-order valence-corrected chi connectivity index (χ2v) is 5.62. The molecule has 0 spiro atoms. The van der Waals surface area contributed by atoms with Gasteiger partial charge in [-0.15, -0.1) is 11.8 Å². The van der Waals surface area contributed by atoms with Crippen LogP contribution in [0.3, 0.4) is 0 Å². The molecule has 5 heteroatoms. The molecule has 112 valence electrons. The van der Waals surface area contributed by atoms with Crippen LogP contribution in [0.15, 0.2) is 23.1 Å². The number of anilines is 1. The van der Waals surface area contributed by atoms with Crippen LogP contribution in [-0.2, 0) is 0 Å². The van der Waals surface area contributed by atoms with E-state index in [0.29, 0.717) is 17.8 Å². The van der Waals surface area contributed by atoms with Crippen molar-refractivity contribution in [2.45, 2.75) is 25.7 Å². The number of carbonyl (C=O) groups excluding carboxylic acids is 1. The number of nitrogens with two attached hydrogens (primary N) is 1. The van der Waals surface area contributed by atoms with E-state index in [4.69, 9.17) is 5.73 Å². The SMILES string of the molecule is CCNC(=O)c1ccc(SCCN(CC)CC)c(N)c1. The molecular formula is C15H25N3OS. The summed E-state index contributed by atoms with van der Waals surface area (Å²) in [6.07, 6.45) is 0. The molecule has 0 unspecified atom stereocenters. The van der Waals surface area contributed by atoms with Crippen LogP contribution in [0.1, 0.15) is 31.1 Å². The largest absolute Gasteiger partial charge is 0.398 e. The third-order valence-electron chi connectivity index (χ3n) is 3.17. The van der Waals surface area contributed by atoms with Crippen LogP contribution in [0.25, 0.3) is 0 Å². The van der Waals surface area contributed by atoms with Gasteiger partial charge in [-0.3, -0.25) is 4.79 Å². The molecule has 0 radical (unpaired) electrons. The molecule has 0 aliphatic carbocycles. The van der Waals surface area contributed by atoms with Gasteiger partial charge >= 0.3 is 0 Å². The van der Waals surface area contributed by atoms with E-state index in [1.54, 1.807) is 17.8 Å². The Labute approximate surface area is 126 Å². The minimum atomic E-state index is -0.0705. The fraction of sp³-hybridized carbons (Fsp3) is 0.533. The third kappa shape index (κ3) is 5.06. The minimum absolute atomic E-state index is 0.0705. The molecule has 0 bridgehead atoms. The maximum absolute atomic E-state index is 11.7. The molecule has 0 saturated carbocycles. The summed E-state index contributed by atoms with van der Waals surface area (Å²) in [7, 11) is 0. The molecule has 0 aliphatic heterocycles. The number of carbonyl (C=O) groups is 1. The second kappa shape index (κ2) is 8.87. The normalized spacial score (nSPS) is 10.8. The van der Waals surface area contributed by atoms with E-state index in [9.17, 15) is 4.79 Å². The van der Waals surface area contributed by atoms with Crippen molar-refractivity contribution in [1.29, 1.82) is 0 Å². The maximum Gasteiger partial charge on any atom is 0.251 e. The molecular weight excluding hydrogens is 270 g/mol. The number of amides is 1. The molecule has 0 atom stereocenters. The van der Waals surface area contributed by atoms with E-state index in [1.165, 1.54) is 0 Å². The lowest BCUT2D eigenvalue weighted by atomic mass is 10.2. The summed E-state index contributed by atoms with van der Waals surface area (Å²) in [5.74, 6) is 0.936. The molecule has 0 saturated heterocycles. The second-order valence-electron chi connectivity index (χ2n) is 4.49. The van der Waals surface area contributed by atoms with Crippen molar-refractivity contribution in [2.75, 3.05) is 37.7 Å².